The number of piperidine rings is 1. The number of allylic oxidation sites excluding steroid dienone is 2. The molecule has 3 saturated heterocycles. The van der Waals surface area contributed by atoms with Crippen molar-refractivity contribution in [2.45, 2.75) is 24.8 Å². The first kappa shape index (κ1) is 19.6. The molecule has 5 nitrogen and oxygen atoms in total. The Morgan fingerprint density at radius 1 is 1.21 bits per heavy atom. The molecule has 0 N–H and O–H groups in total. The van der Waals surface area contributed by atoms with E-state index in [-0.39, 0.29) is 41.3 Å². The Bertz CT molecular complexity index is 990. The molecule has 4 heterocycles. The van der Waals surface area contributed by atoms with Crippen molar-refractivity contribution in [2.75, 3.05) is 25.1 Å². The number of hydrogen-bond donors (Lipinski definition) is 0. The van der Waals surface area contributed by atoms with Gasteiger partial charge in [0.1, 0.15) is 11.3 Å². The van der Waals surface area contributed by atoms with Gasteiger partial charge >= 0.3 is 12.2 Å². The molecule has 3 aliphatic rings. The number of hydrogen-bond acceptors (Lipinski definition) is 5. The van der Waals surface area contributed by atoms with E-state index >= 15 is 4.39 Å². The molecule has 29 heavy (non-hydrogen) atoms. The Labute approximate surface area is 162 Å². The number of halogens is 5. The Kier molecular flexibility index (Phi) is 4.89. The van der Waals surface area contributed by atoms with Crippen molar-refractivity contribution in [1.82, 2.24) is 9.97 Å². The second-order valence-corrected chi connectivity index (χ2v) is 6.78. The van der Waals surface area contributed by atoms with Gasteiger partial charge in [0.15, 0.2) is 5.82 Å². The highest BCUT2D eigenvalue weighted by Crippen LogP contribution is 2.41. The zero-order valence-corrected chi connectivity index (χ0v) is 15.2. The van der Waals surface area contributed by atoms with Gasteiger partial charge in [-0.15, -0.1) is 0 Å². The van der Waals surface area contributed by atoms with Crippen LogP contribution in [0.3, 0.4) is 0 Å². The largest absolute Gasteiger partial charge is 0.467 e. The highest BCUT2D eigenvalue weighted by molar-refractivity contribution is 5.93. The molecule has 1 aromatic carbocycles. The van der Waals surface area contributed by atoms with Crippen molar-refractivity contribution in [1.29, 1.82) is 0 Å². The van der Waals surface area contributed by atoms with Gasteiger partial charge < -0.3 is 14.4 Å². The number of anilines is 1. The van der Waals surface area contributed by atoms with Crippen LogP contribution < -0.4 is 9.64 Å². The minimum Gasteiger partial charge on any atom is -0.467 e. The molecule has 2 unspecified atom stereocenters. The number of rotatable bonds is 4. The summed E-state index contributed by atoms with van der Waals surface area (Å²) in [5.74, 6) is -1.02. The lowest BCUT2D eigenvalue weighted by molar-refractivity contribution is -0.137. The van der Waals surface area contributed by atoms with Crippen LogP contribution >= 0.6 is 0 Å². The molecule has 0 saturated carbocycles. The molecule has 5 rings (SSSR count). The summed E-state index contributed by atoms with van der Waals surface area (Å²) in [4.78, 5) is 9.88. The maximum absolute atomic E-state index is 15.2. The van der Waals surface area contributed by atoms with Crippen LogP contribution in [0.15, 0.2) is 24.5 Å². The summed E-state index contributed by atoms with van der Waals surface area (Å²) in [7, 11) is 1.29. The first-order valence-corrected chi connectivity index (χ1v) is 8.81. The van der Waals surface area contributed by atoms with Crippen LogP contribution in [0.25, 0.3) is 17.0 Å². The molecular weight excluding hydrogens is 397 g/mol. The van der Waals surface area contributed by atoms with Gasteiger partial charge in [-0.25, -0.2) is 8.78 Å². The summed E-state index contributed by atoms with van der Waals surface area (Å²) in [6.45, 7) is 0.857. The van der Waals surface area contributed by atoms with E-state index in [0.29, 0.717) is 13.1 Å². The number of benzene rings is 1. The number of fused-ring (bicyclic) bond motifs is 3. The van der Waals surface area contributed by atoms with Gasteiger partial charge in [-0.3, -0.25) is 0 Å². The molecule has 2 aromatic rings. The van der Waals surface area contributed by atoms with Gasteiger partial charge in [0.2, 0.25) is 0 Å². The molecule has 0 aliphatic carbocycles. The van der Waals surface area contributed by atoms with E-state index < -0.39 is 23.1 Å². The Balaban J connectivity index is 1.95. The van der Waals surface area contributed by atoms with Crippen LogP contribution in [0.2, 0.25) is 0 Å². The second-order valence-electron chi connectivity index (χ2n) is 6.78. The van der Waals surface area contributed by atoms with E-state index in [1.165, 1.54) is 7.11 Å². The average Bonchev–Trinajstić information content (AvgIpc) is 2.67. The number of nitrogens with zero attached hydrogens (tertiary/aromatic N) is 3. The Morgan fingerprint density at radius 3 is 2.48 bits per heavy atom. The quantitative estimate of drug-likeness (QED) is 0.554. The number of morpholine rings is 1. The van der Waals surface area contributed by atoms with Crippen LogP contribution in [-0.2, 0) is 10.9 Å². The summed E-state index contributed by atoms with van der Waals surface area (Å²) in [5, 5.41) is -0.0740. The minimum atomic E-state index is -4.83. The average molecular weight is 413 g/mol. The van der Waals surface area contributed by atoms with E-state index in [9.17, 15) is 17.6 Å². The molecule has 1 aromatic heterocycles. The highest BCUT2D eigenvalue weighted by Gasteiger charge is 2.40. The van der Waals surface area contributed by atoms with Crippen molar-refractivity contribution >= 4 is 22.8 Å². The molecule has 2 atom stereocenters. The van der Waals surface area contributed by atoms with Crippen LogP contribution in [0.5, 0.6) is 6.01 Å². The Hall–Kier alpha value is -2.75. The molecule has 0 spiro atoms. The number of ether oxygens (including phenoxy) is 2. The zero-order chi connectivity index (χ0) is 20.8. The molecule has 10 heteroatoms. The monoisotopic (exact) mass is 413 g/mol. The second kappa shape index (κ2) is 7.25. The summed E-state index contributed by atoms with van der Waals surface area (Å²) in [6, 6.07) is 0.664. The standard InChI is InChI=1S/C19H16F5N3O2/c1-28-18-25-16-13(17(26-18)27-8-10-6-11(9-27)29-10)7-14(19(22,23)24)12(15(16)21)4-2-3-5-20/h2-5,7,10-11H,6,8-9H2,1H3/b4-2+,5-3+. The molecule has 0 radical (unpaired) electrons. The van der Waals surface area contributed by atoms with E-state index in [1.807, 2.05) is 0 Å². The highest BCUT2D eigenvalue weighted by atomic mass is 19.4. The number of methoxy groups -OCH3 is 1. The smallest absolute Gasteiger partial charge is 0.417 e. The van der Waals surface area contributed by atoms with Gasteiger partial charge in [-0.1, -0.05) is 12.2 Å². The van der Waals surface area contributed by atoms with Crippen molar-refractivity contribution in [3.63, 3.8) is 0 Å². The third kappa shape index (κ3) is 3.52. The SMILES string of the molecule is COc1nc(N2CC3CC(C2)O3)c2cc(C(F)(F)F)c(/C=C/C=C/F)c(F)c2n1. The zero-order valence-electron chi connectivity index (χ0n) is 15.2. The van der Waals surface area contributed by atoms with Gasteiger partial charge in [0, 0.05) is 30.5 Å². The third-order valence-electron chi connectivity index (χ3n) is 4.92. The van der Waals surface area contributed by atoms with Crippen LogP contribution in [0.1, 0.15) is 17.5 Å². The molecule has 0 amide bonds. The van der Waals surface area contributed by atoms with E-state index in [1.54, 1.807) is 4.90 Å². The minimum absolute atomic E-state index is 0.0358. The topological polar surface area (TPSA) is 47.5 Å². The van der Waals surface area contributed by atoms with E-state index in [2.05, 4.69) is 9.97 Å². The van der Waals surface area contributed by atoms with Crippen molar-refractivity contribution < 1.29 is 31.4 Å². The van der Waals surface area contributed by atoms with Crippen molar-refractivity contribution in [2.24, 2.45) is 0 Å². The summed E-state index contributed by atoms with van der Waals surface area (Å²) >= 11 is 0. The maximum atomic E-state index is 15.2. The molecule has 3 fully saturated rings. The fourth-order valence-corrected chi connectivity index (χ4v) is 3.66. The molecule has 3 aliphatic heterocycles. The fourth-order valence-electron chi connectivity index (χ4n) is 3.66. The van der Waals surface area contributed by atoms with Crippen molar-refractivity contribution in [3.8, 4) is 6.01 Å². The third-order valence-corrected chi connectivity index (χ3v) is 4.92. The summed E-state index contributed by atoms with van der Waals surface area (Å²) in [6.07, 6.45) is -1.21. The van der Waals surface area contributed by atoms with Crippen LogP contribution in [0, 0.1) is 5.82 Å². The fraction of sp³-hybridized carbons (Fsp3) is 0.368. The number of alkyl halides is 3. The normalized spacial score (nSPS) is 21.9. The van der Waals surface area contributed by atoms with Gasteiger partial charge in [-0.05, 0) is 12.1 Å². The lowest BCUT2D eigenvalue weighted by Crippen LogP contribution is -2.57. The summed E-state index contributed by atoms with van der Waals surface area (Å²) < 4.78 is 78.9. The predicted octanol–water partition coefficient (Wildman–Crippen LogP) is 4.27. The van der Waals surface area contributed by atoms with Crippen LogP contribution in [-0.4, -0.2) is 42.4 Å². The lowest BCUT2D eigenvalue weighted by Gasteiger charge is -2.47. The predicted molar refractivity (Wildman–Crippen MR) is 95.8 cm³/mol. The Morgan fingerprint density at radius 2 is 1.90 bits per heavy atom. The molecule has 154 valence electrons. The first-order chi connectivity index (χ1) is 13.8. The molecular formula is C19H16F5N3O2. The van der Waals surface area contributed by atoms with E-state index in [4.69, 9.17) is 9.47 Å². The van der Waals surface area contributed by atoms with Crippen LogP contribution in [0.4, 0.5) is 27.8 Å². The maximum Gasteiger partial charge on any atom is 0.417 e. The van der Waals surface area contributed by atoms with Gasteiger partial charge in [0.05, 0.1) is 31.2 Å². The van der Waals surface area contributed by atoms with Gasteiger partial charge in [0.25, 0.3) is 0 Å². The van der Waals surface area contributed by atoms with Crippen molar-refractivity contribution in [3.05, 3.63) is 41.5 Å². The van der Waals surface area contributed by atoms with Gasteiger partial charge in [-0.2, -0.15) is 23.1 Å². The van der Waals surface area contributed by atoms with E-state index in [0.717, 1.165) is 30.7 Å². The number of aromatic nitrogens is 2. The summed E-state index contributed by atoms with van der Waals surface area (Å²) in [5.41, 5.74) is -2.23. The molecule has 2 bridgehead atoms. The lowest BCUT2D eigenvalue weighted by atomic mass is 9.97. The first-order valence-electron chi connectivity index (χ1n) is 8.81.